The van der Waals surface area contributed by atoms with Gasteiger partial charge in [0.05, 0.1) is 5.52 Å². The molecule has 0 aliphatic carbocycles. The molecular weight excluding hydrogens is 411 g/mol. The number of halogens is 1. The zero-order valence-electron chi connectivity index (χ0n) is 18.4. The van der Waals surface area contributed by atoms with Gasteiger partial charge in [0.1, 0.15) is 16.9 Å². The summed E-state index contributed by atoms with van der Waals surface area (Å²) in [5.74, 6) is -0.420. The zero-order chi connectivity index (χ0) is 22.9. The lowest BCUT2D eigenvalue weighted by atomic mass is 9.89. The van der Waals surface area contributed by atoms with Crippen molar-refractivity contribution in [1.82, 2.24) is 14.9 Å². The number of benzene rings is 2. The molecule has 0 unspecified atom stereocenters. The number of amides is 2. The van der Waals surface area contributed by atoms with Crippen LogP contribution >= 0.6 is 0 Å². The van der Waals surface area contributed by atoms with E-state index < -0.39 is 11.4 Å². The topological polar surface area (TPSA) is 87.3 Å². The Morgan fingerprint density at radius 2 is 1.84 bits per heavy atom. The van der Waals surface area contributed by atoms with Crippen molar-refractivity contribution in [2.75, 3.05) is 18.4 Å². The molecule has 1 fully saturated rings. The molecule has 0 bridgehead atoms. The predicted octanol–water partition coefficient (Wildman–Crippen LogP) is 5.07. The zero-order valence-corrected chi connectivity index (χ0v) is 18.4. The fourth-order valence-electron chi connectivity index (χ4n) is 3.88. The van der Waals surface area contributed by atoms with Gasteiger partial charge in [-0.25, -0.2) is 14.2 Å². The van der Waals surface area contributed by atoms with Crippen molar-refractivity contribution in [3.63, 3.8) is 0 Å². The number of hydrogen-bond acceptors (Lipinski definition) is 4. The normalized spacial score (nSPS) is 15.1. The van der Waals surface area contributed by atoms with E-state index in [1.807, 2.05) is 32.9 Å². The molecule has 0 spiro atoms. The third kappa shape index (κ3) is 4.90. The summed E-state index contributed by atoms with van der Waals surface area (Å²) in [6.45, 7) is 6.64. The van der Waals surface area contributed by atoms with Crippen molar-refractivity contribution >= 4 is 29.0 Å². The smallest absolute Gasteiger partial charge is 0.410 e. The van der Waals surface area contributed by atoms with Crippen LogP contribution in [-0.2, 0) is 4.74 Å². The van der Waals surface area contributed by atoms with Crippen LogP contribution in [0, 0.1) is 5.82 Å². The van der Waals surface area contributed by atoms with Crippen LogP contribution in [0.3, 0.4) is 0 Å². The fourth-order valence-corrected chi connectivity index (χ4v) is 3.88. The summed E-state index contributed by atoms with van der Waals surface area (Å²) in [5, 5.41) is 2.68. The molecule has 2 aromatic carbocycles. The van der Waals surface area contributed by atoms with Crippen molar-refractivity contribution in [3.05, 3.63) is 59.4 Å². The minimum Gasteiger partial charge on any atom is -0.444 e. The maximum atomic E-state index is 14.8. The summed E-state index contributed by atoms with van der Waals surface area (Å²) < 4.78 is 20.2. The van der Waals surface area contributed by atoms with Crippen LogP contribution in [0.4, 0.5) is 15.1 Å². The van der Waals surface area contributed by atoms with Crippen molar-refractivity contribution in [1.29, 1.82) is 0 Å². The molecule has 3 aromatic rings. The number of nitrogens with one attached hydrogen (secondary N) is 2. The molecule has 2 heterocycles. The number of hydrogen-bond donors (Lipinski definition) is 2. The number of carbonyl (C=O) groups is 2. The van der Waals surface area contributed by atoms with Crippen LogP contribution in [0.2, 0.25) is 0 Å². The molecule has 32 heavy (non-hydrogen) atoms. The Morgan fingerprint density at radius 1 is 1.16 bits per heavy atom. The summed E-state index contributed by atoms with van der Waals surface area (Å²) in [4.78, 5) is 33.5. The summed E-state index contributed by atoms with van der Waals surface area (Å²) in [6.07, 6.45) is 1.11. The Bertz CT molecular complexity index is 1130. The van der Waals surface area contributed by atoms with Gasteiger partial charge in [0, 0.05) is 18.7 Å². The van der Waals surface area contributed by atoms with Gasteiger partial charge in [-0.05, 0) is 69.4 Å². The number of aromatic amines is 1. The van der Waals surface area contributed by atoms with Crippen LogP contribution in [-0.4, -0.2) is 45.6 Å². The number of likely N-dealkylation sites (tertiary alicyclic amines) is 1. The van der Waals surface area contributed by atoms with Crippen LogP contribution in [0.5, 0.6) is 0 Å². The molecule has 2 amide bonds. The summed E-state index contributed by atoms with van der Waals surface area (Å²) in [5.41, 5.74) is 1.51. The lowest BCUT2D eigenvalue weighted by molar-refractivity contribution is 0.0204. The summed E-state index contributed by atoms with van der Waals surface area (Å²) >= 11 is 0. The summed E-state index contributed by atoms with van der Waals surface area (Å²) in [7, 11) is 0. The highest BCUT2D eigenvalue weighted by Crippen LogP contribution is 2.32. The van der Waals surface area contributed by atoms with E-state index in [9.17, 15) is 14.0 Å². The number of imidazole rings is 1. The number of H-pyrrole nitrogens is 1. The highest BCUT2D eigenvalue weighted by Gasteiger charge is 2.28. The van der Waals surface area contributed by atoms with E-state index in [1.54, 1.807) is 29.2 Å². The third-order valence-electron chi connectivity index (χ3n) is 5.45. The second-order valence-electron chi connectivity index (χ2n) is 9.04. The Kier molecular flexibility index (Phi) is 5.86. The molecule has 1 aromatic heterocycles. The van der Waals surface area contributed by atoms with Gasteiger partial charge in [0.25, 0.3) is 5.91 Å². The van der Waals surface area contributed by atoms with Gasteiger partial charge in [-0.2, -0.15) is 0 Å². The van der Waals surface area contributed by atoms with Crippen LogP contribution in [0.25, 0.3) is 11.0 Å². The van der Waals surface area contributed by atoms with Crippen LogP contribution in [0.1, 0.15) is 55.5 Å². The van der Waals surface area contributed by atoms with Crippen LogP contribution < -0.4 is 5.32 Å². The van der Waals surface area contributed by atoms with Gasteiger partial charge in [0.2, 0.25) is 5.95 Å². The van der Waals surface area contributed by atoms with Gasteiger partial charge >= 0.3 is 6.09 Å². The molecule has 0 atom stereocenters. The van der Waals surface area contributed by atoms with E-state index in [0.717, 1.165) is 5.56 Å². The Balaban J connectivity index is 1.46. The Labute approximate surface area is 186 Å². The van der Waals surface area contributed by atoms with E-state index in [2.05, 4.69) is 15.3 Å². The summed E-state index contributed by atoms with van der Waals surface area (Å²) in [6, 6.07) is 12.1. The fraction of sp³-hybridized carbons (Fsp3) is 0.375. The quantitative estimate of drug-likeness (QED) is 0.598. The molecule has 1 aliphatic rings. The maximum absolute atomic E-state index is 14.8. The molecular formula is C24H27FN4O3. The standard InChI is InChI=1S/C24H27FN4O3/c1-24(2,3)32-23(31)29-11-9-15(10-12-29)17-13-18(25)20-19(14-17)26-22(27-20)28-21(30)16-7-5-4-6-8-16/h4-8,13-15H,9-12H2,1-3H3,(H2,26,27,28,30). The Hall–Kier alpha value is -3.42. The number of anilines is 1. The van der Waals surface area contributed by atoms with E-state index in [1.165, 1.54) is 6.07 Å². The van der Waals surface area contributed by atoms with Crippen molar-refractivity contribution in [2.45, 2.75) is 45.1 Å². The predicted molar refractivity (Wildman–Crippen MR) is 120 cm³/mol. The molecule has 2 N–H and O–H groups in total. The maximum Gasteiger partial charge on any atom is 0.410 e. The number of piperidine rings is 1. The first kappa shape index (κ1) is 21.8. The second-order valence-corrected chi connectivity index (χ2v) is 9.04. The van der Waals surface area contributed by atoms with Crippen molar-refractivity contribution in [2.24, 2.45) is 0 Å². The first-order valence-electron chi connectivity index (χ1n) is 10.7. The number of aromatic nitrogens is 2. The second kappa shape index (κ2) is 8.61. The van der Waals surface area contributed by atoms with E-state index in [0.29, 0.717) is 37.0 Å². The lowest BCUT2D eigenvalue weighted by Crippen LogP contribution is -2.41. The van der Waals surface area contributed by atoms with Gasteiger partial charge < -0.3 is 14.6 Å². The largest absolute Gasteiger partial charge is 0.444 e. The molecule has 1 aliphatic heterocycles. The van der Waals surface area contributed by atoms with Gasteiger partial charge in [-0.3, -0.25) is 10.1 Å². The van der Waals surface area contributed by atoms with Gasteiger partial charge in [0.15, 0.2) is 0 Å². The highest BCUT2D eigenvalue weighted by molar-refractivity contribution is 6.03. The third-order valence-corrected chi connectivity index (χ3v) is 5.45. The minimum atomic E-state index is -0.532. The molecule has 0 radical (unpaired) electrons. The van der Waals surface area contributed by atoms with Crippen molar-refractivity contribution in [3.8, 4) is 0 Å². The first-order chi connectivity index (χ1) is 15.2. The average molecular weight is 439 g/mol. The Morgan fingerprint density at radius 3 is 2.50 bits per heavy atom. The molecule has 168 valence electrons. The van der Waals surface area contributed by atoms with E-state index in [4.69, 9.17) is 4.74 Å². The monoisotopic (exact) mass is 438 g/mol. The number of carbonyl (C=O) groups excluding carboxylic acids is 2. The number of fused-ring (bicyclic) bond motifs is 1. The van der Waals surface area contributed by atoms with Gasteiger partial charge in [-0.1, -0.05) is 18.2 Å². The SMILES string of the molecule is CC(C)(C)OC(=O)N1CCC(c2cc(F)c3[nH]c(NC(=O)c4ccccc4)nc3c2)CC1. The molecule has 0 saturated carbocycles. The lowest BCUT2D eigenvalue weighted by Gasteiger charge is -2.33. The van der Waals surface area contributed by atoms with Crippen molar-refractivity contribution < 1.29 is 18.7 Å². The number of rotatable bonds is 3. The average Bonchev–Trinajstić information content (AvgIpc) is 3.16. The van der Waals surface area contributed by atoms with Gasteiger partial charge in [-0.15, -0.1) is 0 Å². The minimum absolute atomic E-state index is 0.117. The number of ether oxygens (including phenoxy) is 1. The molecule has 4 rings (SSSR count). The molecule has 8 heteroatoms. The first-order valence-corrected chi connectivity index (χ1v) is 10.7. The van der Waals surface area contributed by atoms with E-state index in [-0.39, 0.29) is 29.4 Å². The van der Waals surface area contributed by atoms with Crippen LogP contribution in [0.15, 0.2) is 42.5 Å². The molecule has 7 nitrogen and oxygen atoms in total. The molecule has 1 saturated heterocycles. The highest BCUT2D eigenvalue weighted by atomic mass is 19.1. The van der Waals surface area contributed by atoms with E-state index >= 15 is 0 Å². The number of nitrogens with zero attached hydrogens (tertiary/aromatic N) is 2.